The lowest BCUT2D eigenvalue weighted by Crippen LogP contribution is -1.89. The molecule has 0 fully saturated rings. The second-order valence-electron chi connectivity index (χ2n) is 5.16. The third-order valence-corrected chi connectivity index (χ3v) is 4.00. The zero-order valence-corrected chi connectivity index (χ0v) is 14.3. The minimum atomic E-state index is 0.454. The molecule has 2 aromatic carbocycles. The molecule has 0 atom stereocenters. The predicted octanol–water partition coefficient (Wildman–Crippen LogP) is 4.71. The Bertz CT molecular complexity index is 951. The Morgan fingerprint density at radius 2 is 2.13 bits per heavy atom. The van der Waals surface area contributed by atoms with Crippen molar-refractivity contribution in [1.29, 1.82) is 5.26 Å². The van der Waals surface area contributed by atoms with Crippen molar-refractivity contribution in [3.05, 3.63) is 57.8 Å². The van der Waals surface area contributed by atoms with Gasteiger partial charge in [0.25, 0.3) is 0 Å². The molecule has 0 saturated carbocycles. The molecule has 1 N–H and O–H groups in total. The average molecular weight is 368 g/mol. The monoisotopic (exact) mass is 367 g/mol. The Balaban J connectivity index is 2.11. The smallest absolute Gasteiger partial charge is 0.149 e. The lowest BCUT2D eigenvalue weighted by atomic mass is 10.1. The maximum absolute atomic E-state index is 9.52. The molecule has 114 valence electrons. The minimum absolute atomic E-state index is 0.454. The fourth-order valence-corrected chi connectivity index (χ4v) is 2.76. The SMILES string of the molecule is COc1ccc(Br)cc1/C=C(/C#N)c1nc2ccc(C)cc2[nH]1. The maximum atomic E-state index is 9.52. The number of hydrogen-bond acceptors (Lipinski definition) is 3. The number of nitriles is 1. The van der Waals surface area contributed by atoms with Gasteiger partial charge in [0.05, 0.1) is 23.7 Å². The first-order valence-corrected chi connectivity index (χ1v) is 7.82. The van der Waals surface area contributed by atoms with Crippen LogP contribution in [0.25, 0.3) is 22.7 Å². The number of nitrogens with one attached hydrogen (secondary N) is 1. The van der Waals surface area contributed by atoms with E-state index in [0.717, 1.165) is 26.6 Å². The molecule has 0 aliphatic heterocycles. The van der Waals surface area contributed by atoms with Gasteiger partial charge in [-0.15, -0.1) is 0 Å². The number of fused-ring (bicyclic) bond motifs is 1. The molecule has 3 rings (SSSR count). The number of ether oxygens (including phenoxy) is 1. The standard InChI is InChI=1S/C18H14BrN3O/c1-11-3-5-15-16(7-11)22-18(21-15)13(10-20)8-12-9-14(19)4-6-17(12)23-2/h3-9H,1-2H3,(H,21,22)/b13-8-. The van der Waals surface area contributed by atoms with Crippen molar-refractivity contribution in [2.24, 2.45) is 0 Å². The third kappa shape index (κ3) is 3.13. The second-order valence-corrected chi connectivity index (χ2v) is 6.08. The van der Waals surface area contributed by atoms with E-state index in [4.69, 9.17) is 4.74 Å². The zero-order valence-electron chi connectivity index (χ0n) is 12.7. The van der Waals surface area contributed by atoms with Gasteiger partial charge in [0.15, 0.2) is 0 Å². The number of H-pyrrole nitrogens is 1. The van der Waals surface area contributed by atoms with Crippen LogP contribution in [0.5, 0.6) is 5.75 Å². The zero-order chi connectivity index (χ0) is 16.4. The third-order valence-electron chi connectivity index (χ3n) is 3.50. The van der Waals surface area contributed by atoms with Gasteiger partial charge in [-0.25, -0.2) is 4.98 Å². The summed E-state index contributed by atoms with van der Waals surface area (Å²) in [6, 6.07) is 13.8. The van der Waals surface area contributed by atoms with Crippen LogP contribution in [-0.4, -0.2) is 17.1 Å². The van der Waals surface area contributed by atoms with Crippen LogP contribution in [0, 0.1) is 18.3 Å². The van der Waals surface area contributed by atoms with Crippen molar-refractivity contribution in [2.75, 3.05) is 7.11 Å². The fourth-order valence-electron chi connectivity index (χ4n) is 2.38. The molecule has 0 unspecified atom stereocenters. The number of rotatable bonds is 3. The molecular weight excluding hydrogens is 354 g/mol. The quantitative estimate of drug-likeness (QED) is 0.682. The lowest BCUT2D eigenvalue weighted by Gasteiger charge is -2.05. The summed E-state index contributed by atoms with van der Waals surface area (Å²) in [5.74, 6) is 1.25. The summed E-state index contributed by atoms with van der Waals surface area (Å²) in [5.41, 5.74) is 4.17. The van der Waals surface area contributed by atoms with Crippen molar-refractivity contribution in [1.82, 2.24) is 9.97 Å². The molecule has 5 heteroatoms. The highest BCUT2D eigenvalue weighted by Crippen LogP contribution is 2.27. The van der Waals surface area contributed by atoms with Crippen molar-refractivity contribution in [3.63, 3.8) is 0 Å². The number of aryl methyl sites for hydroxylation is 1. The number of allylic oxidation sites excluding steroid dienone is 1. The molecule has 1 heterocycles. The Morgan fingerprint density at radius 3 is 2.87 bits per heavy atom. The number of benzene rings is 2. The van der Waals surface area contributed by atoms with Crippen LogP contribution in [0.2, 0.25) is 0 Å². The van der Waals surface area contributed by atoms with E-state index in [-0.39, 0.29) is 0 Å². The van der Waals surface area contributed by atoms with Gasteiger partial charge in [0.1, 0.15) is 17.6 Å². The van der Waals surface area contributed by atoms with E-state index in [1.54, 1.807) is 13.2 Å². The van der Waals surface area contributed by atoms with Crippen molar-refractivity contribution < 1.29 is 4.74 Å². The Morgan fingerprint density at radius 1 is 1.30 bits per heavy atom. The summed E-state index contributed by atoms with van der Waals surface area (Å²) >= 11 is 3.44. The largest absolute Gasteiger partial charge is 0.496 e. The Hall–Kier alpha value is -2.58. The molecule has 0 radical (unpaired) electrons. The number of nitrogens with zero attached hydrogens (tertiary/aromatic N) is 2. The molecule has 4 nitrogen and oxygen atoms in total. The van der Waals surface area contributed by atoms with E-state index in [0.29, 0.717) is 17.1 Å². The van der Waals surface area contributed by atoms with Crippen LogP contribution in [0.1, 0.15) is 17.0 Å². The summed E-state index contributed by atoms with van der Waals surface area (Å²) < 4.78 is 6.27. The van der Waals surface area contributed by atoms with Crippen molar-refractivity contribution in [2.45, 2.75) is 6.92 Å². The van der Waals surface area contributed by atoms with Gasteiger partial charge in [-0.3, -0.25) is 0 Å². The molecule has 0 amide bonds. The predicted molar refractivity (Wildman–Crippen MR) is 95.0 cm³/mol. The fraction of sp³-hybridized carbons (Fsp3) is 0.111. The summed E-state index contributed by atoms with van der Waals surface area (Å²) in [6.07, 6.45) is 1.77. The molecule has 0 aliphatic rings. The lowest BCUT2D eigenvalue weighted by molar-refractivity contribution is 0.414. The van der Waals surface area contributed by atoms with Crippen LogP contribution in [-0.2, 0) is 0 Å². The molecular formula is C18H14BrN3O. The Kier molecular flexibility index (Phi) is 4.18. The Labute approximate surface area is 142 Å². The summed E-state index contributed by atoms with van der Waals surface area (Å²) in [7, 11) is 1.61. The van der Waals surface area contributed by atoms with Gasteiger partial charge in [-0.1, -0.05) is 22.0 Å². The van der Waals surface area contributed by atoms with Crippen LogP contribution in [0.3, 0.4) is 0 Å². The highest BCUT2D eigenvalue weighted by molar-refractivity contribution is 9.10. The summed E-state index contributed by atoms with van der Waals surface area (Å²) in [5, 5.41) is 9.52. The first-order valence-electron chi connectivity index (χ1n) is 7.03. The van der Waals surface area contributed by atoms with Gasteiger partial charge >= 0.3 is 0 Å². The molecule has 1 aromatic heterocycles. The van der Waals surface area contributed by atoms with Gasteiger partial charge in [0, 0.05) is 10.0 Å². The minimum Gasteiger partial charge on any atom is -0.496 e. The molecule has 0 bridgehead atoms. The maximum Gasteiger partial charge on any atom is 0.149 e. The highest BCUT2D eigenvalue weighted by Gasteiger charge is 2.10. The van der Waals surface area contributed by atoms with E-state index in [1.165, 1.54) is 0 Å². The van der Waals surface area contributed by atoms with E-state index >= 15 is 0 Å². The second kappa shape index (κ2) is 6.27. The first-order chi connectivity index (χ1) is 11.1. The molecule has 3 aromatic rings. The highest BCUT2D eigenvalue weighted by atomic mass is 79.9. The normalized spacial score (nSPS) is 11.5. The average Bonchev–Trinajstić information content (AvgIpc) is 2.95. The number of imidazole rings is 1. The van der Waals surface area contributed by atoms with Crippen molar-refractivity contribution >= 4 is 38.6 Å². The van der Waals surface area contributed by atoms with E-state index in [2.05, 4.69) is 32.0 Å². The molecule has 0 aliphatic carbocycles. The van der Waals surface area contributed by atoms with Crippen LogP contribution >= 0.6 is 15.9 Å². The van der Waals surface area contributed by atoms with E-state index in [9.17, 15) is 5.26 Å². The van der Waals surface area contributed by atoms with Gasteiger partial charge < -0.3 is 9.72 Å². The topological polar surface area (TPSA) is 61.7 Å². The number of methoxy groups -OCH3 is 1. The van der Waals surface area contributed by atoms with Crippen LogP contribution in [0.4, 0.5) is 0 Å². The van der Waals surface area contributed by atoms with Gasteiger partial charge in [-0.2, -0.15) is 5.26 Å². The number of hydrogen-bond donors (Lipinski definition) is 1. The molecule has 23 heavy (non-hydrogen) atoms. The van der Waals surface area contributed by atoms with Crippen LogP contribution in [0.15, 0.2) is 40.9 Å². The number of halogens is 1. The van der Waals surface area contributed by atoms with Crippen LogP contribution < -0.4 is 4.74 Å². The first kappa shape index (κ1) is 15.3. The van der Waals surface area contributed by atoms with Gasteiger partial charge in [-0.05, 0) is 48.9 Å². The number of aromatic amines is 1. The van der Waals surface area contributed by atoms with Crippen molar-refractivity contribution in [3.8, 4) is 11.8 Å². The molecule has 0 spiro atoms. The number of aromatic nitrogens is 2. The molecule has 0 saturated heterocycles. The summed E-state index contributed by atoms with van der Waals surface area (Å²) in [4.78, 5) is 7.71. The summed E-state index contributed by atoms with van der Waals surface area (Å²) in [6.45, 7) is 2.02. The van der Waals surface area contributed by atoms with E-state index < -0.39 is 0 Å². The van der Waals surface area contributed by atoms with Gasteiger partial charge in [0.2, 0.25) is 0 Å². The van der Waals surface area contributed by atoms with E-state index in [1.807, 2.05) is 43.3 Å².